The van der Waals surface area contributed by atoms with Gasteiger partial charge in [0, 0.05) is 50.7 Å². The van der Waals surface area contributed by atoms with Crippen molar-refractivity contribution in [3.05, 3.63) is 53.2 Å². The third kappa shape index (κ3) is 4.53. The van der Waals surface area contributed by atoms with Gasteiger partial charge in [-0.15, -0.1) is 0 Å². The molecule has 0 unspecified atom stereocenters. The number of hydrogen-bond acceptors (Lipinski definition) is 5. The average molecular weight is 396 g/mol. The van der Waals surface area contributed by atoms with Crippen molar-refractivity contribution in [1.82, 2.24) is 9.88 Å². The lowest BCUT2D eigenvalue weighted by Crippen LogP contribution is -2.49. The molecule has 4 rings (SSSR count). The van der Waals surface area contributed by atoms with Crippen LogP contribution in [0.2, 0.25) is 0 Å². The first-order valence-corrected chi connectivity index (χ1v) is 10.4. The van der Waals surface area contributed by atoms with Gasteiger partial charge >= 0.3 is 0 Å². The lowest BCUT2D eigenvalue weighted by molar-refractivity contribution is 0.0662. The van der Waals surface area contributed by atoms with Crippen LogP contribution >= 0.6 is 0 Å². The Morgan fingerprint density at radius 2 is 2.00 bits per heavy atom. The van der Waals surface area contributed by atoms with Crippen molar-refractivity contribution < 1.29 is 14.3 Å². The van der Waals surface area contributed by atoms with Crippen LogP contribution in [0.3, 0.4) is 0 Å². The molecule has 1 amide bonds. The second-order valence-corrected chi connectivity index (χ2v) is 7.83. The van der Waals surface area contributed by atoms with Crippen LogP contribution in [-0.2, 0) is 4.74 Å². The van der Waals surface area contributed by atoms with Gasteiger partial charge in [0.25, 0.3) is 5.91 Å². The molecule has 1 atom stereocenters. The molecule has 0 radical (unpaired) electrons. The zero-order valence-electron chi connectivity index (χ0n) is 17.3. The molecule has 29 heavy (non-hydrogen) atoms. The lowest BCUT2D eigenvalue weighted by atomic mass is 10.1. The minimum atomic E-state index is 0.0313. The van der Waals surface area contributed by atoms with Crippen LogP contribution in [0, 0.1) is 13.8 Å². The monoisotopic (exact) mass is 395 g/mol. The molecule has 0 bridgehead atoms. The highest BCUT2D eigenvalue weighted by atomic mass is 16.5. The third-order valence-electron chi connectivity index (χ3n) is 5.91. The normalized spacial score (nSPS) is 19.4. The van der Waals surface area contributed by atoms with Crippen molar-refractivity contribution >= 4 is 11.6 Å². The molecule has 0 aliphatic carbocycles. The first-order valence-electron chi connectivity index (χ1n) is 10.4. The predicted molar refractivity (Wildman–Crippen MR) is 113 cm³/mol. The van der Waals surface area contributed by atoms with Crippen LogP contribution in [0.4, 0.5) is 5.69 Å². The van der Waals surface area contributed by atoms with Crippen LogP contribution in [0.1, 0.15) is 34.3 Å². The third-order valence-corrected chi connectivity index (χ3v) is 5.91. The smallest absolute Gasteiger partial charge is 0.255 e. The van der Waals surface area contributed by atoms with Crippen molar-refractivity contribution in [2.45, 2.75) is 32.8 Å². The number of carbonyl (C=O) groups excluding carboxylic acids is 1. The van der Waals surface area contributed by atoms with E-state index >= 15 is 0 Å². The summed E-state index contributed by atoms with van der Waals surface area (Å²) in [5.41, 5.74) is 4.49. The van der Waals surface area contributed by atoms with Crippen LogP contribution in [0.25, 0.3) is 0 Å². The van der Waals surface area contributed by atoms with Crippen LogP contribution in [0.5, 0.6) is 5.88 Å². The fourth-order valence-electron chi connectivity index (χ4n) is 3.96. The largest absolute Gasteiger partial charge is 0.475 e. The molecule has 2 aromatic rings. The molecule has 1 aromatic heterocycles. The molecular weight excluding hydrogens is 366 g/mol. The SMILES string of the molecule is Cc1cccc(N2CCN(C(=O)c3ccc(OC[C@@H]4CCCO4)nc3)CC2)c1C. The van der Waals surface area contributed by atoms with Gasteiger partial charge in [-0.25, -0.2) is 4.98 Å². The standard InChI is InChI=1S/C23H29N3O3/c1-17-5-3-7-21(18(17)2)25-10-12-26(13-11-25)23(27)19-8-9-22(24-15-19)29-16-20-6-4-14-28-20/h3,5,7-9,15,20H,4,6,10-14,16H2,1-2H3/t20-/m0/s1. The zero-order valence-corrected chi connectivity index (χ0v) is 17.3. The van der Waals surface area contributed by atoms with E-state index in [9.17, 15) is 4.79 Å². The number of ether oxygens (including phenoxy) is 2. The van der Waals surface area contributed by atoms with Gasteiger partial charge in [0.1, 0.15) is 6.61 Å². The van der Waals surface area contributed by atoms with Crippen molar-refractivity contribution in [1.29, 1.82) is 0 Å². The molecule has 3 heterocycles. The maximum atomic E-state index is 12.8. The Kier molecular flexibility index (Phi) is 6.00. The number of benzene rings is 1. The van der Waals surface area contributed by atoms with E-state index in [1.165, 1.54) is 16.8 Å². The molecule has 1 aromatic carbocycles. The molecule has 0 spiro atoms. The highest BCUT2D eigenvalue weighted by Gasteiger charge is 2.23. The summed E-state index contributed by atoms with van der Waals surface area (Å²) < 4.78 is 11.2. The Morgan fingerprint density at radius 1 is 1.17 bits per heavy atom. The van der Waals surface area contributed by atoms with Gasteiger partial charge in [-0.2, -0.15) is 0 Å². The Bertz CT molecular complexity index is 839. The molecule has 2 aliphatic rings. The number of anilines is 1. The van der Waals surface area contributed by atoms with E-state index in [1.54, 1.807) is 18.3 Å². The highest BCUT2D eigenvalue weighted by Crippen LogP contribution is 2.24. The molecule has 0 saturated carbocycles. The molecule has 154 valence electrons. The van der Waals surface area contributed by atoms with Crippen molar-refractivity contribution in [3.63, 3.8) is 0 Å². The Morgan fingerprint density at radius 3 is 2.69 bits per heavy atom. The first-order chi connectivity index (χ1) is 14.1. The number of nitrogens with zero attached hydrogens (tertiary/aromatic N) is 3. The maximum absolute atomic E-state index is 12.8. The topological polar surface area (TPSA) is 54.9 Å². The molecular formula is C23H29N3O3. The van der Waals surface area contributed by atoms with E-state index in [0.29, 0.717) is 31.1 Å². The van der Waals surface area contributed by atoms with Gasteiger partial charge in [0.15, 0.2) is 0 Å². The van der Waals surface area contributed by atoms with Gasteiger partial charge in [-0.3, -0.25) is 4.79 Å². The molecule has 0 N–H and O–H groups in total. The molecule has 2 saturated heterocycles. The summed E-state index contributed by atoms with van der Waals surface area (Å²) in [6.45, 7) is 8.73. The minimum Gasteiger partial charge on any atom is -0.475 e. The number of piperazine rings is 1. The van der Waals surface area contributed by atoms with Crippen LogP contribution < -0.4 is 9.64 Å². The molecule has 2 fully saturated rings. The van der Waals surface area contributed by atoms with E-state index in [-0.39, 0.29) is 12.0 Å². The summed E-state index contributed by atoms with van der Waals surface area (Å²) in [5, 5.41) is 0. The van der Waals surface area contributed by atoms with E-state index in [4.69, 9.17) is 9.47 Å². The van der Waals surface area contributed by atoms with Gasteiger partial charge in [0.2, 0.25) is 5.88 Å². The number of aryl methyl sites for hydroxylation is 1. The van der Waals surface area contributed by atoms with Gasteiger partial charge in [0.05, 0.1) is 11.7 Å². The molecule has 6 nitrogen and oxygen atoms in total. The summed E-state index contributed by atoms with van der Waals surface area (Å²) >= 11 is 0. The van der Waals surface area contributed by atoms with Crippen molar-refractivity contribution in [2.75, 3.05) is 44.3 Å². The Balaban J connectivity index is 1.31. The zero-order chi connectivity index (χ0) is 20.2. The summed E-state index contributed by atoms with van der Waals surface area (Å²) in [6, 6.07) is 9.98. The van der Waals surface area contributed by atoms with Gasteiger partial charge in [-0.05, 0) is 49.9 Å². The maximum Gasteiger partial charge on any atom is 0.255 e. The summed E-state index contributed by atoms with van der Waals surface area (Å²) in [4.78, 5) is 21.4. The second-order valence-electron chi connectivity index (χ2n) is 7.83. The number of pyridine rings is 1. The fraction of sp³-hybridized carbons (Fsp3) is 0.478. The van der Waals surface area contributed by atoms with E-state index in [1.807, 2.05) is 4.90 Å². The Labute approximate surface area is 172 Å². The number of amides is 1. The predicted octanol–water partition coefficient (Wildman–Crippen LogP) is 3.22. The molecule has 6 heteroatoms. The number of aromatic nitrogens is 1. The number of rotatable bonds is 5. The Hall–Kier alpha value is -2.60. The van der Waals surface area contributed by atoms with Crippen LogP contribution in [-0.4, -0.2) is 61.3 Å². The summed E-state index contributed by atoms with van der Waals surface area (Å²) in [6.07, 6.45) is 3.90. The van der Waals surface area contributed by atoms with Gasteiger partial charge in [-0.1, -0.05) is 12.1 Å². The van der Waals surface area contributed by atoms with Crippen molar-refractivity contribution in [3.8, 4) is 5.88 Å². The van der Waals surface area contributed by atoms with Crippen molar-refractivity contribution in [2.24, 2.45) is 0 Å². The van der Waals surface area contributed by atoms with Crippen LogP contribution in [0.15, 0.2) is 36.5 Å². The quantitative estimate of drug-likeness (QED) is 0.778. The fourth-order valence-corrected chi connectivity index (χ4v) is 3.96. The lowest BCUT2D eigenvalue weighted by Gasteiger charge is -2.37. The van der Waals surface area contributed by atoms with Gasteiger partial charge < -0.3 is 19.3 Å². The summed E-state index contributed by atoms with van der Waals surface area (Å²) in [5.74, 6) is 0.570. The van der Waals surface area contributed by atoms with E-state index < -0.39 is 0 Å². The molecule has 2 aliphatic heterocycles. The van der Waals surface area contributed by atoms with E-state index in [2.05, 4.69) is 41.9 Å². The summed E-state index contributed by atoms with van der Waals surface area (Å²) in [7, 11) is 0. The second kappa shape index (κ2) is 8.82. The number of hydrogen-bond donors (Lipinski definition) is 0. The highest BCUT2D eigenvalue weighted by molar-refractivity contribution is 5.94. The minimum absolute atomic E-state index is 0.0313. The number of carbonyl (C=O) groups is 1. The first kappa shape index (κ1) is 19.7. The van der Waals surface area contributed by atoms with E-state index in [0.717, 1.165) is 32.5 Å². The average Bonchev–Trinajstić information content (AvgIpc) is 3.28.